The number of benzene rings is 3. The molecule has 204 valence electrons. The summed E-state index contributed by atoms with van der Waals surface area (Å²) in [6, 6.07) is 19.0. The molecule has 0 aliphatic carbocycles. The molecule has 0 aliphatic heterocycles. The quantitative estimate of drug-likeness (QED) is 0.102. The minimum atomic E-state index is -1.05. The van der Waals surface area contributed by atoms with Gasteiger partial charge in [0.25, 0.3) is 11.8 Å². The van der Waals surface area contributed by atoms with Crippen molar-refractivity contribution in [2.45, 2.75) is 19.9 Å². The molecule has 7 N–H and O–H groups in total. The Morgan fingerprint density at radius 3 is 2.13 bits per heavy atom. The van der Waals surface area contributed by atoms with Crippen LogP contribution in [0.4, 0.5) is 10.1 Å². The molecule has 3 aromatic rings. The summed E-state index contributed by atoms with van der Waals surface area (Å²) < 4.78 is 13.6. The Balaban J connectivity index is 0.00000533. The van der Waals surface area contributed by atoms with Crippen molar-refractivity contribution in [3.8, 4) is 11.8 Å². The van der Waals surface area contributed by atoms with Gasteiger partial charge in [-0.2, -0.15) is 0 Å². The zero-order chi connectivity index (χ0) is 27.3. The van der Waals surface area contributed by atoms with Crippen molar-refractivity contribution >= 4 is 23.4 Å². The Bertz CT molecular complexity index is 1320. The van der Waals surface area contributed by atoms with Crippen molar-refractivity contribution in [2.24, 2.45) is 5.73 Å². The van der Waals surface area contributed by atoms with E-state index in [2.05, 4.69) is 27.8 Å². The number of hydrogen-bond acceptors (Lipinski definition) is 6. The van der Waals surface area contributed by atoms with E-state index in [0.29, 0.717) is 35.3 Å². The summed E-state index contributed by atoms with van der Waals surface area (Å²) in [5.41, 5.74) is 9.82. The molecule has 0 aliphatic rings. The monoisotopic (exact) mass is 533 g/mol. The van der Waals surface area contributed by atoms with E-state index in [1.54, 1.807) is 66.7 Å². The molecule has 1 atom stereocenters. The number of hydrogen-bond donors (Lipinski definition) is 6. The van der Waals surface area contributed by atoms with Gasteiger partial charge in [-0.1, -0.05) is 37.5 Å². The number of nitrogens with one attached hydrogen (secondary N) is 4. The molecule has 0 unspecified atom stereocenters. The molecular weight excluding hydrogens is 501 g/mol. The summed E-state index contributed by atoms with van der Waals surface area (Å²) in [4.78, 5) is 35.9. The molecule has 0 heterocycles. The molecule has 0 bridgehead atoms. The summed E-state index contributed by atoms with van der Waals surface area (Å²) >= 11 is 0. The van der Waals surface area contributed by atoms with Crippen molar-refractivity contribution in [2.75, 3.05) is 25.0 Å². The summed E-state index contributed by atoms with van der Waals surface area (Å²) in [6.07, 6.45) is 0.487. The summed E-state index contributed by atoms with van der Waals surface area (Å²) in [7, 11) is 0. The second-order valence-electron chi connectivity index (χ2n) is 8.21. The molecule has 39 heavy (non-hydrogen) atoms. The highest BCUT2D eigenvalue weighted by atomic mass is 19.1. The van der Waals surface area contributed by atoms with Crippen molar-refractivity contribution in [3.05, 3.63) is 101 Å². The van der Waals surface area contributed by atoms with Gasteiger partial charge in [-0.25, -0.2) is 9.87 Å². The molecule has 3 aromatic carbocycles. The number of carbonyl (C=O) groups is 3. The number of nitrogens with two attached hydrogens (primary N) is 1. The third-order valence-electron chi connectivity index (χ3n) is 5.45. The second kappa shape index (κ2) is 15.6. The molecule has 0 aromatic heterocycles. The molecule has 0 radical (unpaired) electrons. The molecule has 0 spiro atoms. The third kappa shape index (κ3) is 9.68. The van der Waals surface area contributed by atoms with Crippen molar-refractivity contribution in [1.29, 1.82) is 0 Å². The highest BCUT2D eigenvalue weighted by Gasteiger charge is 2.19. The van der Waals surface area contributed by atoms with Gasteiger partial charge in [0, 0.05) is 28.9 Å². The van der Waals surface area contributed by atoms with Crippen LogP contribution in [-0.2, 0) is 16.0 Å². The standard InChI is InChI=1S/C28H28FN5O4.CH4/c29-24-4-2-1-3-21(24)15-16-31-18-26(35)32-23-13-9-20(10-14-23)6-5-19-7-11-22(12-8-19)27(36)33-25(17-30)28(37)34-38;/h1-4,7-14,25,31,38H,15-18,30H2,(H,32,35)(H,33,36)(H,34,37);1H4/t25-;/m0./s1. The highest BCUT2D eigenvalue weighted by molar-refractivity contribution is 5.97. The van der Waals surface area contributed by atoms with Gasteiger partial charge in [0.05, 0.1) is 6.54 Å². The third-order valence-corrected chi connectivity index (χ3v) is 5.45. The van der Waals surface area contributed by atoms with E-state index in [1.807, 2.05) is 0 Å². The number of hydroxylamine groups is 1. The number of carbonyl (C=O) groups excluding carboxylic acids is 3. The lowest BCUT2D eigenvalue weighted by Gasteiger charge is -2.14. The van der Waals surface area contributed by atoms with E-state index in [1.165, 1.54) is 11.5 Å². The lowest BCUT2D eigenvalue weighted by Crippen LogP contribution is -2.50. The predicted molar refractivity (Wildman–Crippen MR) is 147 cm³/mol. The van der Waals surface area contributed by atoms with Crippen LogP contribution < -0.4 is 27.2 Å². The predicted octanol–water partition coefficient (Wildman–Crippen LogP) is 2.19. The van der Waals surface area contributed by atoms with Crippen LogP contribution in [0.1, 0.15) is 34.5 Å². The maximum absolute atomic E-state index is 13.6. The Morgan fingerprint density at radius 1 is 0.923 bits per heavy atom. The van der Waals surface area contributed by atoms with E-state index >= 15 is 0 Å². The molecule has 3 amide bonds. The first-order valence-corrected chi connectivity index (χ1v) is 11.8. The highest BCUT2D eigenvalue weighted by Crippen LogP contribution is 2.10. The van der Waals surface area contributed by atoms with Crippen LogP contribution >= 0.6 is 0 Å². The molecule has 0 fully saturated rings. The zero-order valence-corrected chi connectivity index (χ0v) is 20.5. The van der Waals surface area contributed by atoms with Gasteiger partial charge in [0.1, 0.15) is 11.9 Å². The van der Waals surface area contributed by atoms with E-state index in [0.717, 1.165) is 5.56 Å². The lowest BCUT2D eigenvalue weighted by molar-refractivity contribution is -0.130. The number of rotatable bonds is 10. The number of halogens is 1. The van der Waals surface area contributed by atoms with Gasteiger partial charge in [0.15, 0.2) is 0 Å². The van der Waals surface area contributed by atoms with E-state index in [-0.39, 0.29) is 32.2 Å². The van der Waals surface area contributed by atoms with Crippen molar-refractivity contribution in [1.82, 2.24) is 16.1 Å². The Kier molecular flexibility index (Phi) is 12.3. The molecule has 0 saturated heterocycles. The topological polar surface area (TPSA) is 146 Å². The first-order chi connectivity index (χ1) is 18.4. The number of anilines is 1. The van der Waals surface area contributed by atoms with Gasteiger partial charge >= 0.3 is 0 Å². The van der Waals surface area contributed by atoms with Crippen LogP contribution in [0.5, 0.6) is 0 Å². The Hall–Kier alpha value is -4.56. The SMILES string of the molecule is C.NC[C@H](NC(=O)c1ccc(C#Cc2ccc(NC(=O)CNCCc3ccccc3F)cc2)cc1)C(=O)NO. The van der Waals surface area contributed by atoms with Gasteiger partial charge in [-0.05, 0) is 73.1 Å². The second-order valence-corrected chi connectivity index (χ2v) is 8.21. The lowest BCUT2D eigenvalue weighted by atomic mass is 10.1. The van der Waals surface area contributed by atoms with Crippen LogP contribution in [0, 0.1) is 17.7 Å². The fraction of sp³-hybridized carbons (Fsp3) is 0.207. The smallest absolute Gasteiger partial charge is 0.267 e. The van der Waals surface area contributed by atoms with Gasteiger partial charge in [0.2, 0.25) is 5.91 Å². The van der Waals surface area contributed by atoms with Crippen LogP contribution in [0.2, 0.25) is 0 Å². The largest absolute Gasteiger partial charge is 0.339 e. The normalized spacial score (nSPS) is 10.7. The summed E-state index contributed by atoms with van der Waals surface area (Å²) in [5, 5.41) is 16.9. The van der Waals surface area contributed by atoms with E-state index < -0.39 is 17.9 Å². The van der Waals surface area contributed by atoms with Crippen LogP contribution in [0.25, 0.3) is 0 Å². The Morgan fingerprint density at radius 2 is 1.54 bits per heavy atom. The minimum absolute atomic E-state index is 0. The fourth-order valence-electron chi connectivity index (χ4n) is 3.37. The van der Waals surface area contributed by atoms with Crippen LogP contribution in [-0.4, -0.2) is 48.6 Å². The van der Waals surface area contributed by atoms with Crippen molar-refractivity contribution < 1.29 is 24.0 Å². The van der Waals surface area contributed by atoms with Gasteiger partial charge in [-0.3, -0.25) is 19.6 Å². The molecular formula is C29H32FN5O4. The maximum atomic E-state index is 13.6. The summed E-state index contributed by atoms with van der Waals surface area (Å²) in [5.74, 6) is 4.23. The van der Waals surface area contributed by atoms with Crippen molar-refractivity contribution in [3.63, 3.8) is 0 Å². The van der Waals surface area contributed by atoms with Gasteiger partial charge < -0.3 is 21.7 Å². The Labute approximate surface area is 227 Å². The van der Waals surface area contributed by atoms with E-state index in [9.17, 15) is 18.8 Å². The molecule has 0 saturated carbocycles. The maximum Gasteiger partial charge on any atom is 0.267 e. The zero-order valence-electron chi connectivity index (χ0n) is 20.5. The van der Waals surface area contributed by atoms with Crippen LogP contribution in [0.15, 0.2) is 72.8 Å². The molecule has 9 nitrogen and oxygen atoms in total. The molecule has 3 rings (SSSR count). The number of amides is 3. The minimum Gasteiger partial charge on any atom is -0.339 e. The molecule has 10 heteroatoms. The van der Waals surface area contributed by atoms with Gasteiger partial charge in [-0.15, -0.1) is 0 Å². The van der Waals surface area contributed by atoms with Crippen LogP contribution in [0.3, 0.4) is 0 Å². The first-order valence-electron chi connectivity index (χ1n) is 11.8. The average Bonchev–Trinajstić information content (AvgIpc) is 2.94. The fourth-order valence-corrected chi connectivity index (χ4v) is 3.37. The van der Waals surface area contributed by atoms with E-state index in [4.69, 9.17) is 10.9 Å². The first kappa shape index (κ1) is 30.7. The summed E-state index contributed by atoms with van der Waals surface area (Å²) in [6.45, 7) is 0.410. The average molecular weight is 534 g/mol.